The Morgan fingerprint density at radius 3 is 2.62 bits per heavy atom. The summed E-state index contributed by atoms with van der Waals surface area (Å²) in [5.74, 6) is 0. The molecule has 0 bridgehead atoms. The molecule has 0 saturated heterocycles. The van der Waals surface area contributed by atoms with E-state index in [1.807, 2.05) is 0 Å². The van der Waals surface area contributed by atoms with Crippen LogP contribution < -0.4 is 0 Å². The van der Waals surface area contributed by atoms with Gasteiger partial charge < -0.3 is 9.47 Å². The lowest BCUT2D eigenvalue weighted by Gasteiger charge is -2.07. The second-order valence-electron chi connectivity index (χ2n) is 1.82. The average Bonchev–Trinajstić information content (AvgIpc) is 2.12. The van der Waals surface area contributed by atoms with Crippen LogP contribution in [0.25, 0.3) is 0 Å². The number of carbonyl (C=O) groups excluding carboxylic acids is 2. The highest BCUT2D eigenvalue weighted by Gasteiger charge is 2.11. The van der Waals surface area contributed by atoms with Gasteiger partial charge in [-0.15, -0.1) is 0 Å². The maximum atomic E-state index is 10.8. The normalized spacial score (nSPS) is 12.2. The Balaban J connectivity index is 3.58. The van der Waals surface area contributed by atoms with Crippen LogP contribution in [0, 0.1) is 0 Å². The van der Waals surface area contributed by atoms with Crippen molar-refractivity contribution in [1.29, 1.82) is 0 Å². The fraction of sp³-hybridized carbons (Fsp3) is 0.714. The lowest BCUT2D eigenvalue weighted by atomic mass is 10.8. The van der Waals surface area contributed by atoms with Crippen LogP contribution in [0.1, 0.15) is 13.8 Å². The lowest BCUT2D eigenvalue weighted by molar-refractivity contribution is -0.113. The van der Waals surface area contributed by atoms with E-state index in [1.54, 1.807) is 13.8 Å². The van der Waals surface area contributed by atoms with Crippen molar-refractivity contribution in [2.24, 2.45) is 0 Å². The highest BCUT2D eigenvalue weighted by molar-refractivity contribution is 8.82. The number of aldehydes is 1. The van der Waals surface area contributed by atoms with Crippen LogP contribution in [0.2, 0.25) is 0 Å². The fourth-order valence-corrected chi connectivity index (χ4v) is 2.03. The minimum atomic E-state index is -0.598. The van der Waals surface area contributed by atoms with Gasteiger partial charge >= 0.3 is 5.30 Å². The van der Waals surface area contributed by atoms with Crippen molar-refractivity contribution in [2.45, 2.75) is 19.3 Å². The van der Waals surface area contributed by atoms with Gasteiger partial charge in [-0.2, -0.15) is 0 Å². The zero-order valence-electron chi connectivity index (χ0n) is 7.52. The molecule has 6 heteroatoms. The molecule has 13 heavy (non-hydrogen) atoms. The van der Waals surface area contributed by atoms with Crippen molar-refractivity contribution in [3.63, 3.8) is 0 Å². The third-order valence-corrected chi connectivity index (χ3v) is 2.97. The molecular formula is C7H12O4S2. The van der Waals surface area contributed by atoms with Crippen LogP contribution in [0.4, 0.5) is 4.79 Å². The van der Waals surface area contributed by atoms with Crippen molar-refractivity contribution in [3.05, 3.63) is 0 Å². The molecule has 0 aromatic carbocycles. The smallest absolute Gasteiger partial charge is 0.378 e. The summed E-state index contributed by atoms with van der Waals surface area (Å²) in [5, 5.41) is -0.404. The molecule has 0 spiro atoms. The van der Waals surface area contributed by atoms with Crippen molar-refractivity contribution in [1.82, 2.24) is 0 Å². The Hall–Kier alpha value is -0.200. The molecule has 0 N–H and O–H groups in total. The van der Waals surface area contributed by atoms with Crippen LogP contribution in [0.15, 0.2) is 0 Å². The first kappa shape index (κ1) is 12.8. The van der Waals surface area contributed by atoms with Gasteiger partial charge in [-0.05, 0) is 24.6 Å². The molecule has 0 saturated carbocycles. The van der Waals surface area contributed by atoms with Gasteiger partial charge in [0.25, 0.3) is 0 Å². The van der Waals surface area contributed by atoms with E-state index in [2.05, 4.69) is 4.74 Å². The highest BCUT2D eigenvalue weighted by Crippen LogP contribution is 2.28. The van der Waals surface area contributed by atoms with Gasteiger partial charge in [0.2, 0.25) is 0 Å². The van der Waals surface area contributed by atoms with Crippen LogP contribution in [-0.4, -0.2) is 30.2 Å². The van der Waals surface area contributed by atoms with Crippen molar-refractivity contribution in [2.75, 3.05) is 13.2 Å². The Morgan fingerprint density at radius 1 is 1.46 bits per heavy atom. The molecule has 0 radical (unpaired) electrons. The Bertz CT molecular complexity index is 163. The SMILES string of the molecule is CCOC(=O)SSC(C=O)OCC. The summed E-state index contributed by atoms with van der Waals surface area (Å²) in [7, 11) is 1.92. The number of rotatable bonds is 6. The van der Waals surface area contributed by atoms with Crippen molar-refractivity contribution in [3.8, 4) is 0 Å². The number of ether oxygens (including phenoxy) is 2. The summed E-state index contributed by atoms with van der Waals surface area (Å²) >= 11 is 0. The van der Waals surface area contributed by atoms with E-state index >= 15 is 0 Å². The molecule has 0 aliphatic heterocycles. The quantitative estimate of drug-likeness (QED) is 0.298. The molecule has 0 rings (SSSR count). The third-order valence-electron chi connectivity index (χ3n) is 0.915. The molecule has 0 amide bonds. The van der Waals surface area contributed by atoms with Gasteiger partial charge in [0.1, 0.15) is 0 Å². The van der Waals surface area contributed by atoms with Gasteiger partial charge in [0, 0.05) is 17.4 Å². The van der Waals surface area contributed by atoms with E-state index in [0.29, 0.717) is 19.5 Å². The molecule has 0 fully saturated rings. The predicted molar refractivity (Wildman–Crippen MR) is 53.7 cm³/mol. The van der Waals surface area contributed by atoms with E-state index in [0.717, 1.165) is 21.6 Å². The molecule has 0 aliphatic carbocycles. The minimum absolute atomic E-state index is 0.340. The third kappa shape index (κ3) is 6.92. The topological polar surface area (TPSA) is 52.6 Å². The molecule has 4 nitrogen and oxygen atoms in total. The summed E-state index contributed by atoms with van der Waals surface area (Å²) in [5.41, 5.74) is -0.598. The number of hydrogen-bond acceptors (Lipinski definition) is 6. The standard InChI is InChI=1S/C7H12O4S2/c1-3-10-6(5-8)12-13-7(9)11-4-2/h5-6H,3-4H2,1-2H3. The van der Waals surface area contributed by atoms with Crippen molar-refractivity contribution >= 4 is 33.2 Å². The van der Waals surface area contributed by atoms with Crippen LogP contribution >= 0.6 is 21.6 Å². The molecular weight excluding hydrogens is 212 g/mol. The van der Waals surface area contributed by atoms with Gasteiger partial charge in [-0.3, -0.25) is 4.79 Å². The number of hydrogen-bond donors (Lipinski definition) is 0. The predicted octanol–water partition coefficient (Wildman–Crippen LogP) is 2.09. The van der Waals surface area contributed by atoms with E-state index in [9.17, 15) is 9.59 Å². The van der Waals surface area contributed by atoms with Gasteiger partial charge in [0.05, 0.1) is 6.61 Å². The summed E-state index contributed by atoms with van der Waals surface area (Å²) in [6.07, 6.45) is 0.653. The van der Waals surface area contributed by atoms with Crippen LogP contribution in [0.5, 0.6) is 0 Å². The summed E-state index contributed by atoms with van der Waals surface area (Å²) in [6.45, 7) is 4.29. The zero-order chi connectivity index (χ0) is 10.1. The maximum absolute atomic E-state index is 10.8. The first-order valence-electron chi connectivity index (χ1n) is 3.81. The second-order valence-corrected chi connectivity index (χ2v) is 4.06. The average molecular weight is 224 g/mol. The molecule has 1 atom stereocenters. The molecule has 0 aliphatic rings. The number of carbonyl (C=O) groups is 2. The first-order chi connectivity index (χ1) is 6.24. The van der Waals surface area contributed by atoms with Crippen LogP contribution in [0.3, 0.4) is 0 Å². The van der Waals surface area contributed by atoms with E-state index in [-0.39, 0.29) is 0 Å². The molecule has 0 aromatic heterocycles. The Kier molecular flexibility index (Phi) is 8.27. The summed E-state index contributed by atoms with van der Waals surface area (Å²) < 4.78 is 9.63. The molecule has 76 valence electrons. The van der Waals surface area contributed by atoms with Crippen LogP contribution in [-0.2, 0) is 14.3 Å². The largest absolute Gasteiger partial charge is 0.457 e. The van der Waals surface area contributed by atoms with E-state index in [1.165, 1.54) is 0 Å². The minimum Gasteiger partial charge on any atom is -0.457 e. The Labute approximate surface area is 85.1 Å². The van der Waals surface area contributed by atoms with Gasteiger partial charge in [-0.1, -0.05) is 0 Å². The zero-order valence-corrected chi connectivity index (χ0v) is 9.15. The summed E-state index contributed by atoms with van der Waals surface area (Å²) in [4.78, 5) is 21.2. The van der Waals surface area contributed by atoms with Crippen molar-refractivity contribution < 1.29 is 19.1 Å². The molecule has 0 heterocycles. The highest BCUT2D eigenvalue weighted by atomic mass is 33.1. The first-order valence-corrected chi connectivity index (χ1v) is 6.02. The molecule has 1 unspecified atom stereocenters. The second kappa shape index (κ2) is 8.40. The monoisotopic (exact) mass is 224 g/mol. The summed E-state index contributed by atoms with van der Waals surface area (Å²) in [6, 6.07) is 0. The van der Waals surface area contributed by atoms with Gasteiger partial charge in [0.15, 0.2) is 11.7 Å². The lowest BCUT2D eigenvalue weighted by Crippen LogP contribution is -2.08. The van der Waals surface area contributed by atoms with E-state index in [4.69, 9.17) is 4.74 Å². The fourth-order valence-electron chi connectivity index (χ4n) is 0.483. The Morgan fingerprint density at radius 2 is 2.15 bits per heavy atom. The molecule has 0 aromatic rings. The van der Waals surface area contributed by atoms with E-state index < -0.39 is 10.7 Å². The van der Waals surface area contributed by atoms with Gasteiger partial charge in [-0.25, -0.2) is 4.79 Å². The maximum Gasteiger partial charge on any atom is 0.378 e.